The number of anilines is 1. The topological polar surface area (TPSA) is 59.0 Å². The Kier molecular flexibility index (Phi) is 3.98. The van der Waals surface area contributed by atoms with Crippen molar-refractivity contribution in [2.75, 3.05) is 5.32 Å². The quantitative estimate of drug-likeness (QED) is 0.776. The minimum absolute atomic E-state index is 0.275. The SMILES string of the molecule is Cn1cnc2cc(CNC(=O)Nc3cccc(Cl)c3)ccc21. The smallest absolute Gasteiger partial charge is 0.319 e. The second kappa shape index (κ2) is 6.07. The molecule has 0 fully saturated rings. The fraction of sp³-hybridized carbons (Fsp3) is 0.125. The average Bonchev–Trinajstić information content (AvgIpc) is 2.86. The molecule has 0 aliphatic heterocycles. The number of halogens is 1. The summed E-state index contributed by atoms with van der Waals surface area (Å²) in [5.74, 6) is 0. The zero-order valence-corrected chi connectivity index (χ0v) is 12.8. The van der Waals surface area contributed by atoms with Gasteiger partial charge in [-0.3, -0.25) is 0 Å². The van der Waals surface area contributed by atoms with Crippen molar-refractivity contribution in [2.45, 2.75) is 6.54 Å². The van der Waals surface area contributed by atoms with Crippen LogP contribution < -0.4 is 10.6 Å². The molecule has 112 valence electrons. The number of carbonyl (C=O) groups is 1. The maximum atomic E-state index is 11.9. The number of amides is 2. The number of nitrogens with one attached hydrogen (secondary N) is 2. The molecule has 0 saturated carbocycles. The van der Waals surface area contributed by atoms with E-state index in [1.54, 1.807) is 30.6 Å². The molecular weight excluding hydrogens is 300 g/mol. The van der Waals surface area contributed by atoms with E-state index >= 15 is 0 Å². The summed E-state index contributed by atoms with van der Waals surface area (Å²) < 4.78 is 1.96. The molecule has 0 radical (unpaired) electrons. The fourth-order valence-electron chi connectivity index (χ4n) is 2.22. The lowest BCUT2D eigenvalue weighted by molar-refractivity contribution is 0.251. The molecule has 2 amide bonds. The molecule has 22 heavy (non-hydrogen) atoms. The molecule has 0 unspecified atom stereocenters. The minimum atomic E-state index is -0.275. The summed E-state index contributed by atoms with van der Waals surface area (Å²) in [7, 11) is 1.95. The number of urea groups is 1. The number of aromatic nitrogens is 2. The highest BCUT2D eigenvalue weighted by Gasteiger charge is 2.04. The van der Waals surface area contributed by atoms with Gasteiger partial charge in [-0.2, -0.15) is 0 Å². The van der Waals surface area contributed by atoms with Gasteiger partial charge in [-0.15, -0.1) is 0 Å². The third kappa shape index (κ3) is 3.20. The van der Waals surface area contributed by atoms with Crippen LogP contribution in [0.2, 0.25) is 5.02 Å². The predicted octanol–water partition coefficient (Wildman–Crippen LogP) is 3.55. The molecule has 0 aliphatic rings. The first-order chi connectivity index (χ1) is 10.6. The molecule has 2 N–H and O–H groups in total. The molecule has 6 heteroatoms. The molecule has 0 aliphatic carbocycles. The highest BCUT2D eigenvalue weighted by Crippen LogP contribution is 2.15. The summed E-state index contributed by atoms with van der Waals surface area (Å²) in [6.07, 6.45) is 1.77. The average molecular weight is 315 g/mol. The van der Waals surface area contributed by atoms with Crippen LogP contribution in [0.4, 0.5) is 10.5 Å². The zero-order chi connectivity index (χ0) is 15.5. The van der Waals surface area contributed by atoms with Crippen molar-refractivity contribution in [2.24, 2.45) is 7.05 Å². The third-order valence-corrected chi connectivity index (χ3v) is 3.56. The van der Waals surface area contributed by atoms with Crippen LogP contribution in [0.1, 0.15) is 5.56 Å². The van der Waals surface area contributed by atoms with Crippen LogP contribution in [0.5, 0.6) is 0 Å². The van der Waals surface area contributed by atoms with E-state index in [2.05, 4.69) is 15.6 Å². The Morgan fingerprint density at radius 1 is 1.27 bits per heavy atom. The normalized spacial score (nSPS) is 10.6. The van der Waals surface area contributed by atoms with Gasteiger partial charge < -0.3 is 15.2 Å². The maximum Gasteiger partial charge on any atom is 0.319 e. The number of carbonyl (C=O) groups excluding carboxylic acids is 1. The van der Waals surface area contributed by atoms with Gasteiger partial charge in [0.15, 0.2) is 0 Å². The first kappa shape index (κ1) is 14.4. The van der Waals surface area contributed by atoms with E-state index in [9.17, 15) is 4.79 Å². The van der Waals surface area contributed by atoms with E-state index in [0.717, 1.165) is 16.6 Å². The van der Waals surface area contributed by atoms with E-state index in [-0.39, 0.29) is 6.03 Å². The highest BCUT2D eigenvalue weighted by atomic mass is 35.5. The van der Waals surface area contributed by atoms with Crippen LogP contribution in [0, 0.1) is 0 Å². The van der Waals surface area contributed by atoms with Gasteiger partial charge in [-0.1, -0.05) is 23.7 Å². The van der Waals surface area contributed by atoms with E-state index in [4.69, 9.17) is 11.6 Å². The standard InChI is InChI=1S/C16H15ClN4O/c1-21-10-19-14-7-11(5-6-15(14)21)9-18-16(22)20-13-4-2-3-12(17)8-13/h2-8,10H,9H2,1H3,(H2,18,20,22). The van der Waals surface area contributed by atoms with Crippen LogP contribution in [0.25, 0.3) is 11.0 Å². The van der Waals surface area contributed by atoms with Gasteiger partial charge in [0.1, 0.15) is 0 Å². The van der Waals surface area contributed by atoms with Crippen LogP contribution in [-0.4, -0.2) is 15.6 Å². The third-order valence-electron chi connectivity index (χ3n) is 3.33. The summed E-state index contributed by atoms with van der Waals surface area (Å²) >= 11 is 5.88. The fourth-order valence-corrected chi connectivity index (χ4v) is 2.41. The van der Waals surface area contributed by atoms with Crippen LogP contribution in [0.15, 0.2) is 48.8 Å². The summed E-state index contributed by atoms with van der Waals surface area (Å²) in [4.78, 5) is 16.2. The largest absolute Gasteiger partial charge is 0.334 e. The van der Waals surface area contributed by atoms with Gasteiger partial charge in [0.05, 0.1) is 17.4 Å². The Hall–Kier alpha value is -2.53. The number of hydrogen-bond donors (Lipinski definition) is 2. The van der Waals surface area contributed by atoms with Crippen molar-refractivity contribution in [3.63, 3.8) is 0 Å². The Labute approximate surface area is 132 Å². The van der Waals surface area contributed by atoms with E-state index in [0.29, 0.717) is 17.3 Å². The van der Waals surface area contributed by atoms with Crippen molar-refractivity contribution in [1.82, 2.24) is 14.9 Å². The van der Waals surface area contributed by atoms with E-state index in [1.807, 2.05) is 29.8 Å². The van der Waals surface area contributed by atoms with Gasteiger partial charge in [0.25, 0.3) is 0 Å². The molecule has 1 aromatic heterocycles. The van der Waals surface area contributed by atoms with Crippen LogP contribution >= 0.6 is 11.6 Å². The van der Waals surface area contributed by atoms with Gasteiger partial charge in [-0.25, -0.2) is 9.78 Å². The van der Waals surface area contributed by atoms with Crippen molar-refractivity contribution in [1.29, 1.82) is 0 Å². The molecule has 3 rings (SSSR count). The molecule has 0 atom stereocenters. The Balaban J connectivity index is 1.62. The molecule has 1 heterocycles. The minimum Gasteiger partial charge on any atom is -0.334 e. The molecule has 5 nitrogen and oxygen atoms in total. The number of fused-ring (bicyclic) bond motifs is 1. The van der Waals surface area contributed by atoms with E-state index in [1.165, 1.54) is 0 Å². The second-order valence-corrected chi connectivity index (χ2v) is 5.43. The maximum absolute atomic E-state index is 11.9. The summed E-state index contributed by atoms with van der Waals surface area (Å²) in [6.45, 7) is 0.429. The number of rotatable bonds is 3. The molecular formula is C16H15ClN4O. The molecule has 2 aromatic carbocycles. The predicted molar refractivity (Wildman–Crippen MR) is 88.0 cm³/mol. The summed E-state index contributed by atoms with van der Waals surface area (Å²) in [5.41, 5.74) is 3.63. The van der Waals surface area contributed by atoms with Gasteiger partial charge >= 0.3 is 6.03 Å². The Morgan fingerprint density at radius 2 is 2.14 bits per heavy atom. The lowest BCUT2D eigenvalue weighted by atomic mass is 10.2. The molecule has 3 aromatic rings. The number of benzene rings is 2. The zero-order valence-electron chi connectivity index (χ0n) is 12.0. The van der Waals surface area contributed by atoms with Crippen molar-refractivity contribution in [3.05, 3.63) is 59.4 Å². The first-order valence-electron chi connectivity index (χ1n) is 6.82. The molecule has 0 saturated heterocycles. The van der Waals surface area contributed by atoms with Crippen LogP contribution in [0.3, 0.4) is 0 Å². The lowest BCUT2D eigenvalue weighted by Gasteiger charge is -2.08. The van der Waals surface area contributed by atoms with Crippen LogP contribution in [-0.2, 0) is 13.6 Å². The summed E-state index contributed by atoms with van der Waals surface area (Å²) in [6, 6.07) is 12.7. The number of imidazole rings is 1. The van der Waals surface area contributed by atoms with Gasteiger partial charge in [0.2, 0.25) is 0 Å². The Morgan fingerprint density at radius 3 is 2.95 bits per heavy atom. The molecule has 0 bridgehead atoms. The number of aryl methyl sites for hydroxylation is 1. The first-order valence-corrected chi connectivity index (χ1v) is 7.20. The number of hydrogen-bond acceptors (Lipinski definition) is 2. The van der Waals surface area contributed by atoms with Gasteiger partial charge in [-0.05, 0) is 35.9 Å². The Bertz CT molecular complexity index is 828. The van der Waals surface area contributed by atoms with Crippen molar-refractivity contribution < 1.29 is 4.79 Å². The van der Waals surface area contributed by atoms with Gasteiger partial charge in [0, 0.05) is 24.3 Å². The highest BCUT2D eigenvalue weighted by molar-refractivity contribution is 6.30. The van der Waals surface area contributed by atoms with Crippen molar-refractivity contribution in [3.8, 4) is 0 Å². The lowest BCUT2D eigenvalue weighted by Crippen LogP contribution is -2.28. The summed E-state index contributed by atoms with van der Waals surface area (Å²) in [5, 5.41) is 6.13. The van der Waals surface area contributed by atoms with E-state index < -0.39 is 0 Å². The second-order valence-electron chi connectivity index (χ2n) is 5.00. The molecule has 0 spiro atoms. The van der Waals surface area contributed by atoms with Crippen molar-refractivity contribution >= 4 is 34.4 Å². The number of nitrogens with zero attached hydrogens (tertiary/aromatic N) is 2. The monoisotopic (exact) mass is 314 g/mol.